The van der Waals surface area contributed by atoms with Crippen LogP contribution in [0.3, 0.4) is 0 Å². The van der Waals surface area contributed by atoms with E-state index in [0.29, 0.717) is 29.0 Å². The van der Waals surface area contributed by atoms with Crippen molar-refractivity contribution in [3.63, 3.8) is 0 Å². The van der Waals surface area contributed by atoms with Gasteiger partial charge in [-0.25, -0.2) is 4.79 Å². The highest BCUT2D eigenvalue weighted by Crippen LogP contribution is 2.37. The van der Waals surface area contributed by atoms with E-state index in [2.05, 4.69) is 16.6 Å². The van der Waals surface area contributed by atoms with Gasteiger partial charge in [-0.15, -0.1) is 6.42 Å². The molecule has 0 aliphatic heterocycles. The fraction of sp³-hybridized carbons (Fsp3) is 0.452. The van der Waals surface area contributed by atoms with Gasteiger partial charge in [0.25, 0.3) is 5.91 Å². The molecule has 2 atom stereocenters. The molecular weight excluding hydrogens is 494 g/mol. The van der Waals surface area contributed by atoms with Crippen molar-refractivity contribution in [2.24, 2.45) is 5.92 Å². The third-order valence-corrected chi connectivity index (χ3v) is 6.19. The summed E-state index contributed by atoms with van der Waals surface area (Å²) in [6.07, 6.45) is 7.01. The zero-order chi connectivity index (χ0) is 28.7. The van der Waals surface area contributed by atoms with Gasteiger partial charge < -0.3 is 25.0 Å². The number of hydrogen-bond acceptors (Lipinski definition) is 5. The van der Waals surface area contributed by atoms with Crippen molar-refractivity contribution in [3.05, 3.63) is 59.7 Å². The highest BCUT2D eigenvalue weighted by atomic mass is 16.6. The molecule has 2 aromatic carbocycles. The summed E-state index contributed by atoms with van der Waals surface area (Å²) in [6, 6.07) is 12.0. The molecule has 2 aromatic rings. The number of rotatable bonds is 10. The first-order valence-corrected chi connectivity index (χ1v) is 13.3. The molecule has 1 aliphatic carbocycles. The maximum absolute atomic E-state index is 14.2. The number of alkyl carbamates (subject to hydrolysis) is 1. The molecule has 1 aliphatic rings. The molecule has 0 bridgehead atoms. The van der Waals surface area contributed by atoms with E-state index in [-0.39, 0.29) is 17.9 Å². The van der Waals surface area contributed by atoms with E-state index in [9.17, 15) is 14.4 Å². The highest BCUT2D eigenvalue weighted by Gasteiger charge is 2.44. The second kappa shape index (κ2) is 12.7. The van der Waals surface area contributed by atoms with E-state index >= 15 is 0 Å². The van der Waals surface area contributed by atoms with Crippen molar-refractivity contribution >= 4 is 23.6 Å². The van der Waals surface area contributed by atoms with Gasteiger partial charge in [0, 0.05) is 17.3 Å². The Morgan fingerprint density at radius 1 is 1.08 bits per heavy atom. The molecule has 2 unspecified atom stereocenters. The molecule has 1 saturated carbocycles. The molecule has 3 rings (SSSR count). The van der Waals surface area contributed by atoms with Crippen molar-refractivity contribution < 1.29 is 23.9 Å². The third-order valence-electron chi connectivity index (χ3n) is 6.19. The topological polar surface area (TPSA) is 97.0 Å². The average molecular weight is 534 g/mol. The van der Waals surface area contributed by atoms with Crippen LogP contribution in [-0.4, -0.2) is 47.6 Å². The van der Waals surface area contributed by atoms with Gasteiger partial charge in [-0.2, -0.15) is 0 Å². The molecule has 39 heavy (non-hydrogen) atoms. The normalized spacial score (nSPS) is 14.5. The van der Waals surface area contributed by atoms with Gasteiger partial charge in [-0.3, -0.25) is 9.59 Å². The van der Waals surface area contributed by atoms with Gasteiger partial charge >= 0.3 is 6.09 Å². The molecule has 2 N–H and O–H groups in total. The Morgan fingerprint density at radius 2 is 1.72 bits per heavy atom. The number of nitrogens with zero attached hydrogens (tertiary/aromatic N) is 1. The highest BCUT2D eigenvalue weighted by molar-refractivity contribution is 5.99. The van der Waals surface area contributed by atoms with Crippen LogP contribution in [0.25, 0.3) is 0 Å². The number of amides is 3. The number of anilines is 1. The van der Waals surface area contributed by atoms with Gasteiger partial charge in [0.15, 0.2) is 0 Å². The Balaban J connectivity index is 2.02. The summed E-state index contributed by atoms with van der Waals surface area (Å²) in [5, 5.41) is 5.71. The number of nitrogens with one attached hydrogen (secondary N) is 2. The Kier molecular flexibility index (Phi) is 9.63. The second-order valence-corrected chi connectivity index (χ2v) is 11.2. The molecule has 0 aromatic heterocycles. The Bertz CT molecular complexity index is 1210. The summed E-state index contributed by atoms with van der Waals surface area (Å²) in [6.45, 7) is 9.23. The lowest BCUT2D eigenvalue weighted by Gasteiger charge is -2.35. The summed E-state index contributed by atoms with van der Waals surface area (Å²) < 4.78 is 10.7. The van der Waals surface area contributed by atoms with Crippen LogP contribution in [-0.2, 0) is 14.3 Å². The number of methoxy groups -OCH3 is 1. The van der Waals surface area contributed by atoms with Crippen molar-refractivity contribution in [1.29, 1.82) is 0 Å². The maximum atomic E-state index is 14.2. The van der Waals surface area contributed by atoms with Crippen LogP contribution in [0.15, 0.2) is 48.5 Å². The van der Waals surface area contributed by atoms with E-state index in [1.165, 1.54) is 0 Å². The van der Waals surface area contributed by atoms with Gasteiger partial charge in [-0.05, 0) is 81.8 Å². The Labute approximate surface area is 231 Å². The lowest BCUT2D eigenvalue weighted by Crippen LogP contribution is -2.53. The molecule has 8 nitrogen and oxygen atoms in total. The molecule has 1 fully saturated rings. The number of carbonyl (C=O) groups is 3. The summed E-state index contributed by atoms with van der Waals surface area (Å²) in [5.41, 5.74) is 0.897. The van der Waals surface area contributed by atoms with E-state index in [4.69, 9.17) is 15.9 Å². The van der Waals surface area contributed by atoms with Gasteiger partial charge in [-0.1, -0.05) is 38.0 Å². The zero-order valence-corrected chi connectivity index (χ0v) is 23.6. The lowest BCUT2D eigenvalue weighted by molar-refractivity contribution is -0.141. The number of ether oxygens (including phenoxy) is 2. The van der Waals surface area contributed by atoms with E-state index in [0.717, 1.165) is 12.8 Å². The lowest BCUT2D eigenvalue weighted by atomic mass is 9.96. The first-order valence-electron chi connectivity index (χ1n) is 13.3. The minimum absolute atomic E-state index is 0.0968. The fourth-order valence-electron chi connectivity index (χ4n) is 4.36. The van der Waals surface area contributed by atoms with Crippen molar-refractivity contribution in [1.82, 2.24) is 10.2 Å². The average Bonchev–Trinajstić information content (AvgIpc) is 3.70. The van der Waals surface area contributed by atoms with Crippen LogP contribution < -0.4 is 15.4 Å². The van der Waals surface area contributed by atoms with E-state index in [1.54, 1.807) is 81.3 Å². The van der Waals surface area contributed by atoms with Crippen LogP contribution in [0.2, 0.25) is 0 Å². The molecular formula is C31H39N3O5. The number of hydrogen-bond donors (Lipinski definition) is 2. The van der Waals surface area contributed by atoms with Crippen molar-refractivity contribution in [2.75, 3.05) is 12.4 Å². The Morgan fingerprint density at radius 3 is 2.26 bits per heavy atom. The molecule has 0 radical (unpaired) electrons. The number of carbonyl (C=O) groups excluding carboxylic acids is 3. The minimum Gasteiger partial charge on any atom is -0.497 e. The van der Waals surface area contributed by atoms with Crippen LogP contribution in [0, 0.1) is 18.3 Å². The standard InChI is InChI=1S/C31H39N3O5/c1-8-21-11-9-10-12-25(21)27(28(35)32-22-13-17-24(38-7)18-14-22)34(23-15-16-23)29(36)26(19-20(2)3)33-30(37)39-31(4,5)6/h1,9-14,17-18,20,23,26-27H,15-16,19H2,2-7H3,(H,32,35)(H,33,37). The molecule has 3 amide bonds. The predicted octanol–water partition coefficient (Wildman–Crippen LogP) is 5.29. The van der Waals surface area contributed by atoms with E-state index in [1.807, 2.05) is 13.8 Å². The second-order valence-electron chi connectivity index (χ2n) is 11.2. The largest absolute Gasteiger partial charge is 0.497 e. The molecule has 208 valence electrons. The van der Waals surface area contributed by atoms with Crippen LogP contribution in [0.5, 0.6) is 5.75 Å². The van der Waals surface area contributed by atoms with Gasteiger partial charge in [0.2, 0.25) is 5.91 Å². The quantitative estimate of drug-likeness (QED) is 0.405. The van der Waals surface area contributed by atoms with Crippen LogP contribution in [0.4, 0.5) is 10.5 Å². The van der Waals surface area contributed by atoms with Crippen molar-refractivity contribution in [3.8, 4) is 18.1 Å². The van der Waals surface area contributed by atoms with Gasteiger partial charge in [0.05, 0.1) is 7.11 Å². The minimum atomic E-state index is -1.01. The third kappa shape index (κ3) is 8.25. The summed E-state index contributed by atoms with van der Waals surface area (Å²) >= 11 is 0. The molecule has 0 saturated heterocycles. The summed E-state index contributed by atoms with van der Waals surface area (Å²) in [4.78, 5) is 42.5. The first kappa shape index (κ1) is 29.6. The summed E-state index contributed by atoms with van der Waals surface area (Å²) in [7, 11) is 1.57. The first-order chi connectivity index (χ1) is 18.4. The SMILES string of the molecule is C#Cc1ccccc1C(C(=O)Nc1ccc(OC)cc1)N(C(=O)C(CC(C)C)NC(=O)OC(C)(C)C)C1CC1. The molecule has 0 heterocycles. The smallest absolute Gasteiger partial charge is 0.408 e. The fourth-order valence-corrected chi connectivity index (χ4v) is 4.36. The molecule has 0 spiro atoms. The van der Waals surface area contributed by atoms with Crippen LogP contribution >= 0.6 is 0 Å². The van der Waals surface area contributed by atoms with Gasteiger partial charge in [0.1, 0.15) is 23.4 Å². The summed E-state index contributed by atoms with van der Waals surface area (Å²) in [5.74, 6) is 2.66. The maximum Gasteiger partial charge on any atom is 0.408 e. The van der Waals surface area contributed by atoms with Crippen molar-refractivity contribution in [2.45, 2.75) is 77.6 Å². The Hall–Kier alpha value is -3.99. The molecule has 8 heteroatoms. The van der Waals surface area contributed by atoms with E-state index < -0.39 is 29.7 Å². The van der Waals surface area contributed by atoms with Crippen LogP contribution in [0.1, 0.15) is 71.0 Å². The number of terminal acetylenes is 1. The monoisotopic (exact) mass is 533 g/mol. The number of benzene rings is 2. The predicted molar refractivity (Wildman–Crippen MR) is 151 cm³/mol. The zero-order valence-electron chi connectivity index (χ0n) is 23.6.